The van der Waals surface area contributed by atoms with Gasteiger partial charge in [-0.2, -0.15) is 5.10 Å². The van der Waals surface area contributed by atoms with E-state index in [-0.39, 0.29) is 10.6 Å². The summed E-state index contributed by atoms with van der Waals surface area (Å²) in [7, 11) is 1.72. The Hall–Kier alpha value is -1.41. The van der Waals surface area contributed by atoms with E-state index in [1.165, 1.54) is 0 Å². The maximum atomic E-state index is 11.3. The third-order valence-corrected chi connectivity index (χ3v) is 4.44. The first kappa shape index (κ1) is 15.0. The van der Waals surface area contributed by atoms with E-state index in [4.69, 9.17) is 0 Å². The van der Waals surface area contributed by atoms with Crippen LogP contribution < -0.4 is 5.32 Å². The maximum absolute atomic E-state index is 11.3. The molecule has 0 saturated heterocycles. The minimum absolute atomic E-state index is 0.0879. The Morgan fingerprint density at radius 1 is 1.55 bits per heavy atom. The van der Waals surface area contributed by atoms with Gasteiger partial charge in [0.25, 0.3) is 0 Å². The molecule has 6 nitrogen and oxygen atoms in total. The summed E-state index contributed by atoms with van der Waals surface area (Å²) in [4.78, 5) is 12.0. The van der Waals surface area contributed by atoms with Crippen molar-refractivity contribution < 1.29 is 4.92 Å². The lowest BCUT2D eigenvalue weighted by Gasteiger charge is -2.04. The molecule has 0 aliphatic heterocycles. The van der Waals surface area contributed by atoms with Crippen molar-refractivity contribution >= 4 is 38.8 Å². The molecule has 20 heavy (non-hydrogen) atoms. The minimum atomic E-state index is -0.356. The monoisotopic (exact) mass is 358 g/mol. The molecule has 0 saturated carbocycles. The third kappa shape index (κ3) is 3.18. The molecule has 0 unspecified atom stereocenters. The fourth-order valence-electron chi connectivity index (χ4n) is 1.98. The summed E-state index contributed by atoms with van der Waals surface area (Å²) in [6, 6.07) is 3.94. The second-order valence-electron chi connectivity index (χ2n) is 4.33. The fourth-order valence-corrected chi connectivity index (χ4v) is 3.40. The molecule has 0 radical (unpaired) electrons. The number of halogens is 1. The zero-order chi connectivity index (χ0) is 14.7. The van der Waals surface area contributed by atoms with Crippen molar-refractivity contribution in [3.8, 4) is 0 Å². The third-order valence-electron chi connectivity index (χ3n) is 2.82. The molecule has 2 rings (SSSR count). The van der Waals surface area contributed by atoms with Crippen LogP contribution in [-0.2, 0) is 20.0 Å². The topological polar surface area (TPSA) is 73.0 Å². The van der Waals surface area contributed by atoms with Gasteiger partial charge in [-0.25, -0.2) is 4.68 Å². The number of aryl methyl sites for hydroxylation is 2. The van der Waals surface area contributed by atoms with Gasteiger partial charge < -0.3 is 5.32 Å². The minimum Gasteiger partial charge on any atom is -0.360 e. The van der Waals surface area contributed by atoms with Crippen LogP contribution >= 0.6 is 27.3 Å². The molecule has 0 atom stereocenters. The predicted octanol–water partition coefficient (Wildman–Crippen LogP) is 3.72. The van der Waals surface area contributed by atoms with Gasteiger partial charge in [0.1, 0.15) is 5.69 Å². The molecule has 0 aliphatic carbocycles. The highest BCUT2D eigenvalue weighted by molar-refractivity contribution is 9.11. The molecule has 0 aliphatic rings. The number of aromatic nitrogens is 2. The van der Waals surface area contributed by atoms with Crippen LogP contribution in [-0.4, -0.2) is 14.7 Å². The lowest BCUT2D eigenvalue weighted by molar-refractivity contribution is -0.384. The lowest BCUT2D eigenvalue weighted by atomic mass is 10.2. The predicted molar refractivity (Wildman–Crippen MR) is 83.2 cm³/mol. The first-order valence-electron chi connectivity index (χ1n) is 6.21. The summed E-state index contributed by atoms with van der Waals surface area (Å²) in [5, 5.41) is 18.6. The van der Waals surface area contributed by atoms with E-state index in [1.54, 1.807) is 23.1 Å². The number of nitro groups is 1. The van der Waals surface area contributed by atoms with Gasteiger partial charge in [-0.3, -0.25) is 10.1 Å². The standard InChI is InChI=1S/C12H15BrN4O2S/c1-3-4-9-11(17(18)19)12(16(2)15-9)14-7-8-5-6-10(13)20-8/h5-6,14H,3-4,7H2,1-2H3. The van der Waals surface area contributed by atoms with Crippen molar-refractivity contribution in [1.29, 1.82) is 0 Å². The highest BCUT2D eigenvalue weighted by Crippen LogP contribution is 2.30. The smallest absolute Gasteiger partial charge is 0.334 e. The van der Waals surface area contributed by atoms with Crippen molar-refractivity contribution in [2.75, 3.05) is 5.32 Å². The van der Waals surface area contributed by atoms with Crippen molar-refractivity contribution in [3.63, 3.8) is 0 Å². The molecule has 1 N–H and O–H groups in total. The van der Waals surface area contributed by atoms with Gasteiger partial charge in [-0.15, -0.1) is 11.3 Å². The van der Waals surface area contributed by atoms with Crippen LogP contribution in [0.5, 0.6) is 0 Å². The van der Waals surface area contributed by atoms with E-state index in [0.717, 1.165) is 15.1 Å². The number of anilines is 1. The Bertz CT molecular complexity index is 623. The number of nitrogens with zero attached hydrogens (tertiary/aromatic N) is 3. The number of thiophene rings is 1. The van der Waals surface area contributed by atoms with E-state index < -0.39 is 0 Å². The molecule has 0 bridgehead atoms. The van der Waals surface area contributed by atoms with Crippen molar-refractivity contribution in [1.82, 2.24) is 9.78 Å². The Morgan fingerprint density at radius 2 is 2.30 bits per heavy atom. The summed E-state index contributed by atoms with van der Waals surface area (Å²) >= 11 is 5.00. The second-order valence-corrected chi connectivity index (χ2v) is 6.88. The van der Waals surface area contributed by atoms with Gasteiger partial charge in [0.05, 0.1) is 15.3 Å². The second kappa shape index (κ2) is 6.36. The number of rotatable bonds is 6. The molecule has 108 valence electrons. The average molecular weight is 359 g/mol. The molecule has 2 aromatic rings. The molecule has 2 aromatic heterocycles. The van der Waals surface area contributed by atoms with Crippen molar-refractivity contribution in [3.05, 3.63) is 36.6 Å². The van der Waals surface area contributed by atoms with Gasteiger partial charge in [0.2, 0.25) is 5.82 Å². The molecule has 0 amide bonds. The Labute approximate surface area is 129 Å². The zero-order valence-corrected chi connectivity index (χ0v) is 13.6. The molecule has 2 heterocycles. The van der Waals surface area contributed by atoms with Crippen LogP contribution in [0.15, 0.2) is 15.9 Å². The van der Waals surface area contributed by atoms with Crippen LogP contribution in [0, 0.1) is 10.1 Å². The van der Waals surface area contributed by atoms with Gasteiger partial charge in [0.15, 0.2) is 0 Å². The first-order valence-corrected chi connectivity index (χ1v) is 7.82. The Morgan fingerprint density at radius 3 is 2.85 bits per heavy atom. The van der Waals surface area contributed by atoms with E-state index in [1.807, 2.05) is 19.1 Å². The van der Waals surface area contributed by atoms with Crippen molar-refractivity contribution in [2.45, 2.75) is 26.3 Å². The van der Waals surface area contributed by atoms with Crippen molar-refractivity contribution in [2.24, 2.45) is 7.05 Å². The zero-order valence-electron chi connectivity index (χ0n) is 11.2. The molecular weight excluding hydrogens is 344 g/mol. The summed E-state index contributed by atoms with van der Waals surface area (Å²) in [5.41, 5.74) is 0.625. The molecular formula is C12H15BrN4O2S. The maximum Gasteiger partial charge on any atom is 0.334 e. The highest BCUT2D eigenvalue weighted by atomic mass is 79.9. The van der Waals surface area contributed by atoms with Crippen LogP contribution in [0.2, 0.25) is 0 Å². The molecule has 8 heteroatoms. The highest BCUT2D eigenvalue weighted by Gasteiger charge is 2.25. The summed E-state index contributed by atoms with van der Waals surface area (Å²) in [6.07, 6.45) is 1.44. The molecule has 0 spiro atoms. The van der Waals surface area contributed by atoms with E-state index in [0.29, 0.717) is 24.5 Å². The molecule has 0 fully saturated rings. The summed E-state index contributed by atoms with van der Waals surface area (Å²) in [6.45, 7) is 2.52. The number of hydrogen-bond acceptors (Lipinski definition) is 5. The van der Waals surface area contributed by atoms with Gasteiger partial charge >= 0.3 is 5.69 Å². The SMILES string of the molecule is CCCc1nn(C)c(NCc2ccc(Br)s2)c1[N+](=O)[O-]. The van der Waals surface area contributed by atoms with E-state index in [2.05, 4.69) is 26.3 Å². The van der Waals surface area contributed by atoms with E-state index >= 15 is 0 Å². The fraction of sp³-hybridized carbons (Fsp3) is 0.417. The van der Waals surface area contributed by atoms with Crippen LogP contribution in [0.25, 0.3) is 0 Å². The largest absolute Gasteiger partial charge is 0.360 e. The van der Waals surface area contributed by atoms with Gasteiger partial charge in [-0.1, -0.05) is 13.3 Å². The Balaban J connectivity index is 2.23. The number of hydrogen-bond donors (Lipinski definition) is 1. The van der Waals surface area contributed by atoms with E-state index in [9.17, 15) is 10.1 Å². The first-order chi connectivity index (χ1) is 9.52. The van der Waals surface area contributed by atoms with Crippen LogP contribution in [0.1, 0.15) is 23.9 Å². The summed E-state index contributed by atoms with van der Waals surface area (Å²) in [5.74, 6) is 0.461. The van der Waals surface area contributed by atoms with Crippen LogP contribution in [0.4, 0.5) is 11.5 Å². The van der Waals surface area contributed by atoms with Gasteiger partial charge in [-0.05, 0) is 34.5 Å². The molecule has 0 aromatic carbocycles. The quantitative estimate of drug-likeness (QED) is 0.630. The normalized spacial score (nSPS) is 10.8. The average Bonchev–Trinajstić information content (AvgIpc) is 2.91. The lowest BCUT2D eigenvalue weighted by Crippen LogP contribution is -2.05. The Kier molecular flexibility index (Phi) is 4.77. The van der Waals surface area contributed by atoms with Gasteiger partial charge in [0, 0.05) is 11.9 Å². The number of nitrogens with one attached hydrogen (secondary N) is 1. The van der Waals surface area contributed by atoms with Crippen LogP contribution in [0.3, 0.4) is 0 Å². The summed E-state index contributed by atoms with van der Waals surface area (Å²) < 4.78 is 2.59.